The summed E-state index contributed by atoms with van der Waals surface area (Å²) in [4.78, 5) is 25.7. The number of hydrogen-bond donors (Lipinski definition) is 1. The topological polar surface area (TPSA) is 102 Å². The lowest BCUT2D eigenvalue weighted by molar-refractivity contribution is -0.139. The van der Waals surface area contributed by atoms with E-state index in [0.717, 1.165) is 19.3 Å². The number of anilines is 1. The number of methoxy groups -OCH3 is 1. The predicted octanol–water partition coefficient (Wildman–Crippen LogP) is 3.19. The maximum Gasteiger partial charge on any atom is 0.339 e. The molecule has 0 saturated heterocycles. The molecule has 2 aromatic rings. The van der Waals surface area contributed by atoms with Crippen LogP contribution in [0, 0.1) is 5.92 Å². The van der Waals surface area contributed by atoms with E-state index < -0.39 is 10.1 Å². The van der Waals surface area contributed by atoms with E-state index in [-0.39, 0.29) is 34.9 Å². The molecule has 1 saturated carbocycles. The number of benzene rings is 2. The highest BCUT2D eigenvalue weighted by atomic mass is 32.2. The first-order valence-electron chi connectivity index (χ1n) is 10.5. The van der Waals surface area contributed by atoms with Crippen LogP contribution in [-0.4, -0.2) is 45.4 Å². The van der Waals surface area contributed by atoms with Crippen molar-refractivity contribution < 1.29 is 26.9 Å². The van der Waals surface area contributed by atoms with Gasteiger partial charge in [-0.1, -0.05) is 24.6 Å². The highest BCUT2D eigenvalue weighted by molar-refractivity contribution is 7.87. The molecule has 0 heterocycles. The molecular formula is C23H28N2O6S. The lowest BCUT2D eigenvalue weighted by atomic mass is 9.84. The Bertz CT molecular complexity index is 1050. The molecule has 0 bridgehead atoms. The van der Waals surface area contributed by atoms with Crippen molar-refractivity contribution in [2.45, 2.75) is 37.6 Å². The van der Waals surface area contributed by atoms with Crippen molar-refractivity contribution in [3.8, 4) is 5.75 Å². The SMILES string of the molecule is COCCN(Cc1ccccc1OS(=O)(=O)c1ccc(NC(C)=O)cc1)C(=O)C1CCC1. The quantitative estimate of drug-likeness (QED) is 0.547. The van der Waals surface area contributed by atoms with Gasteiger partial charge in [-0.05, 0) is 43.2 Å². The Balaban J connectivity index is 1.78. The number of ether oxygens (including phenoxy) is 1. The maximum atomic E-state index is 12.8. The molecule has 2 amide bonds. The molecule has 32 heavy (non-hydrogen) atoms. The van der Waals surface area contributed by atoms with Gasteiger partial charge >= 0.3 is 10.1 Å². The Kier molecular flexibility index (Phi) is 7.87. The minimum absolute atomic E-state index is 0.0193. The van der Waals surface area contributed by atoms with Crippen LogP contribution in [0.15, 0.2) is 53.4 Å². The first-order valence-corrected chi connectivity index (χ1v) is 11.9. The molecule has 2 aromatic carbocycles. The molecular weight excluding hydrogens is 432 g/mol. The summed E-state index contributed by atoms with van der Waals surface area (Å²) in [5.74, 6) is -0.00663. The summed E-state index contributed by atoms with van der Waals surface area (Å²) in [5, 5.41) is 2.59. The third-order valence-corrected chi connectivity index (χ3v) is 6.58. The van der Waals surface area contributed by atoms with Crippen LogP contribution in [0.1, 0.15) is 31.7 Å². The summed E-state index contributed by atoms with van der Waals surface area (Å²) in [6.45, 7) is 2.40. The van der Waals surface area contributed by atoms with Crippen molar-refractivity contribution in [3.63, 3.8) is 0 Å². The summed E-state index contributed by atoms with van der Waals surface area (Å²) < 4.78 is 36.3. The summed E-state index contributed by atoms with van der Waals surface area (Å²) in [7, 11) is -2.53. The fraction of sp³-hybridized carbons (Fsp3) is 0.391. The Morgan fingerprint density at radius 3 is 2.38 bits per heavy atom. The van der Waals surface area contributed by atoms with E-state index >= 15 is 0 Å². The third kappa shape index (κ3) is 6.08. The summed E-state index contributed by atoms with van der Waals surface area (Å²) >= 11 is 0. The second-order valence-corrected chi connectivity index (χ2v) is 9.28. The van der Waals surface area contributed by atoms with Crippen molar-refractivity contribution >= 4 is 27.6 Å². The summed E-state index contributed by atoms with van der Waals surface area (Å²) in [6, 6.07) is 12.5. The lowest BCUT2D eigenvalue weighted by Gasteiger charge is -2.32. The first-order chi connectivity index (χ1) is 15.3. The van der Waals surface area contributed by atoms with Crippen LogP contribution in [0.4, 0.5) is 5.69 Å². The lowest BCUT2D eigenvalue weighted by Crippen LogP contribution is -2.40. The number of nitrogens with one attached hydrogen (secondary N) is 1. The van der Waals surface area contributed by atoms with Gasteiger partial charge in [0.25, 0.3) is 0 Å². The molecule has 9 heteroatoms. The van der Waals surface area contributed by atoms with E-state index in [0.29, 0.717) is 24.4 Å². The number of amides is 2. The molecule has 0 radical (unpaired) electrons. The minimum Gasteiger partial charge on any atom is -0.383 e. The number of hydrogen-bond acceptors (Lipinski definition) is 6. The summed E-state index contributed by atoms with van der Waals surface area (Å²) in [6.07, 6.45) is 2.81. The van der Waals surface area contributed by atoms with Crippen molar-refractivity contribution in [1.82, 2.24) is 4.90 Å². The van der Waals surface area contributed by atoms with Gasteiger partial charge in [0.1, 0.15) is 10.6 Å². The standard InChI is InChI=1S/C23H28N2O6S/c1-17(26)24-20-10-12-21(13-11-20)32(28,29)31-22-9-4-3-6-19(22)16-25(14-15-30-2)23(27)18-7-5-8-18/h3-4,6,9-13,18H,5,7-8,14-16H2,1-2H3,(H,24,26). The van der Waals surface area contributed by atoms with Gasteiger partial charge in [0.2, 0.25) is 11.8 Å². The second-order valence-electron chi connectivity index (χ2n) is 7.73. The Hall–Kier alpha value is -2.91. The van der Waals surface area contributed by atoms with Crippen molar-refractivity contribution in [2.75, 3.05) is 25.6 Å². The van der Waals surface area contributed by atoms with Crippen LogP contribution in [-0.2, 0) is 31.0 Å². The number of carbonyl (C=O) groups excluding carboxylic acids is 2. The van der Waals surface area contributed by atoms with Crippen molar-refractivity contribution in [3.05, 3.63) is 54.1 Å². The maximum absolute atomic E-state index is 12.8. The largest absolute Gasteiger partial charge is 0.383 e. The van der Waals surface area contributed by atoms with Gasteiger partial charge in [0.05, 0.1) is 6.61 Å². The number of nitrogens with zero attached hydrogens (tertiary/aromatic N) is 1. The molecule has 1 N–H and O–H groups in total. The Labute approximate surface area is 188 Å². The average Bonchev–Trinajstić information content (AvgIpc) is 2.70. The van der Waals surface area contributed by atoms with Crippen LogP contribution in [0.3, 0.4) is 0 Å². The van der Waals surface area contributed by atoms with Gasteiger partial charge in [-0.15, -0.1) is 0 Å². The smallest absolute Gasteiger partial charge is 0.339 e. The van der Waals surface area contributed by atoms with Gasteiger partial charge in [-0.2, -0.15) is 8.42 Å². The average molecular weight is 461 g/mol. The summed E-state index contributed by atoms with van der Waals surface area (Å²) in [5.41, 5.74) is 1.08. The molecule has 1 fully saturated rings. The zero-order valence-electron chi connectivity index (χ0n) is 18.2. The molecule has 3 rings (SSSR count). The minimum atomic E-state index is -4.10. The van der Waals surface area contributed by atoms with E-state index in [9.17, 15) is 18.0 Å². The van der Waals surface area contributed by atoms with Gasteiger partial charge in [-0.25, -0.2) is 0 Å². The monoisotopic (exact) mass is 460 g/mol. The normalized spacial score (nSPS) is 13.8. The van der Waals surface area contributed by atoms with Gasteiger partial charge in [0.15, 0.2) is 0 Å². The first kappa shape index (κ1) is 23.7. The number of para-hydroxylation sites is 1. The molecule has 1 aliphatic rings. The van der Waals surface area contributed by atoms with E-state index in [1.165, 1.54) is 31.2 Å². The van der Waals surface area contributed by atoms with E-state index in [2.05, 4.69) is 5.32 Å². The van der Waals surface area contributed by atoms with Gasteiger partial charge in [-0.3, -0.25) is 9.59 Å². The number of carbonyl (C=O) groups is 2. The molecule has 0 aromatic heterocycles. The highest BCUT2D eigenvalue weighted by Crippen LogP contribution is 2.30. The fourth-order valence-electron chi connectivity index (χ4n) is 3.38. The van der Waals surface area contributed by atoms with Crippen molar-refractivity contribution in [1.29, 1.82) is 0 Å². The Morgan fingerprint density at radius 2 is 1.78 bits per heavy atom. The molecule has 0 atom stereocenters. The molecule has 0 unspecified atom stereocenters. The van der Waals surface area contributed by atoms with Gasteiger partial charge < -0.3 is 19.1 Å². The van der Waals surface area contributed by atoms with Crippen LogP contribution < -0.4 is 9.50 Å². The Morgan fingerprint density at radius 1 is 1.09 bits per heavy atom. The molecule has 0 spiro atoms. The van der Waals surface area contributed by atoms with Crippen LogP contribution in [0.25, 0.3) is 0 Å². The van der Waals surface area contributed by atoms with Crippen LogP contribution in [0.5, 0.6) is 5.75 Å². The molecule has 172 valence electrons. The highest BCUT2D eigenvalue weighted by Gasteiger charge is 2.30. The van der Waals surface area contributed by atoms with E-state index in [4.69, 9.17) is 8.92 Å². The van der Waals surface area contributed by atoms with Gasteiger partial charge in [0, 0.05) is 44.3 Å². The molecule has 1 aliphatic carbocycles. The van der Waals surface area contributed by atoms with E-state index in [1.807, 2.05) is 0 Å². The zero-order chi connectivity index (χ0) is 23.1. The van der Waals surface area contributed by atoms with Crippen molar-refractivity contribution in [2.24, 2.45) is 5.92 Å². The van der Waals surface area contributed by atoms with E-state index in [1.54, 1.807) is 36.3 Å². The zero-order valence-corrected chi connectivity index (χ0v) is 19.1. The number of rotatable bonds is 10. The van der Waals surface area contributed by atoms with Crippen LogP contribution >= 0.6 is 0 Å². The molecule has 0 aliphatic heterocycles. The van der Waals surface area contributed by atoms with Crippen LogP contribution in [0.2, 0.25) is 0 Å². The third-order valence-electron chi connectivity index (χ3n) is 5.33. The predicted molar refractivity (Wildman–Crippen MR) is 120 cm³/mol. The second kappa shape index (κ2) is 10.6. The molecule has 8 nitrogen and oxygen atoms in total. The fourth-order valence-corrected chi connectivity index (χ4v) is 4.34.